The van der Waals surface area contributed by atoms with Crippen molar-refractivity contribution in [3.05, 3.63) is 92.5 Å². The molecule has 9 heteroatoms. The van der Waals surface area contributed by atoms with Crippen molar-refractivity contribution in [2.24, 2.45) is 0 Å². The summed E-state index contributed by atoms with van der Waals surface area (Å²) in [6, 6.07) is 12.6. The van der Waals surface area contributed by atoms with E-state index < -0.39 is 23.2 Å². The molecule has 1 aromatic heterocycles. The average Bonchev–Trinajstić information content (AvgIpc) is 3.16. The van der Waals surface area contributed by atoms with Crippen LogP contribution < -0.4 is 24.5 Å². The molecule has 0 fully saturated rings. The number of methoxy groups -OCH3 is 3. The molecule has 2 heterocycles. The van der Waals surface area contributed by atoms with Crippen LogP contribution in [0.1, 0.15) is 27.7 Å². The van der Waals surface area contributed by atoms with Crippen LogP contribution in [0.25, 0.3) is 11.0 Å². The molecule has 1 aliphatic rings. The van der Waals surface area contributed by atoms with Gasteiger partial charge >= 0.3 is 0 Å². The van der Waals surface area contributed by atoms with E-state index >= 15 is 0 Å². The maximum absolute atomic E-state index is 14.0. The summed E-state index contributed by atoms with van der Waals surface area (Å²) in [4.78, 5) is 28.7. The summed E-state index contributed by atoms with van der Waals surface area (Å²) in [5, 5.41) is 0.322. The number of rotatable bonds is 5. The van der Waals surface area contributed by atoms with Gasteiger partial charge in [0, 0.05) is 5.69 Å². The SMILES string of the molecule is COc1ccc(N2C(=O)c3oc4ccc(F)cc4c(=O)c3C2c2ccc(OC)c(OC)c2)cc1Cl. The van der Waals surface area contributed by atoms with E-state index in [9.17, 15) is 14.0 Å². The van der Waals surface area contributed by atoms with Crippen LogP contribution >= 0.6 is 11.6 Å². The lowest BCUT2D eigenvalue weighted by Crippen LogP contribution is -2.29. The number of hydrogen-bond acceptors (Lipinski definition) is 6. The highest BCUT2D eigenvalue weighted by Gasteiger charge is 2.44. The van der Waals surface area contributed by atoms with Gasteiger partial charge in [0.25, 0.3) is 5.91 Å². The molecule has 5 rings (SSSR count). The second kappa shape index (κ2) is 8.63. The maximum atomic E-state index is 14.0. The molecule has 35 heavy (non-hydrogen) atoms. The van der Waals surface area contributed by atoms with Gasteiger partial charge in [-0.1, -0.05) is 17.7 Å². The van der Waals surface area contributed by atoms with Crippen molar-refractivity contribution in [2.45, 2.75) is 6.04 Å². The Kier molecular flexibility index (Phi) is 5.61. The molecule has 0 spiro atoms. The van der Waals surface area contributed by atoms with E-state index in [0.29, 0.717) is 28.5 Å². The number of anilines is 1. The van der Waals surface area contributed by atoms with Crippen LogP contribution in [0.2, 0.25) is 5.02 Å². The molecule has 4 aromatic rings. The third-order valence-corrected chi connectivity index (χ3v) is 6.26. The third kappa shape index (κ3) is 3.57. The summed E-state index contributed by atoms with van der Waals surface area (Å²) in [5.41, 5.74) is 0.679. The van der Waals surface area contributed by atoms with E-state index in [4.69, 9.17) is 30.2 Å². The lowest BCUT2D eigenvalue weighted by atomic mass is 9.97. The van der Waals surface area contributed by atoms with Crippen LogP contribution in [0.5, 0.6) is 17.2 Å². The molecule has 0 bridgehead atoms. The number of hydrogen-bond donors (Lipinski definition) is 0. The van der Waals surface area contributed by atoms with Crippen LogP contribution in [0, 0.1) is 5.82 Å². The second-order valence-electron chi connectivity index (χ2n) is 7.83. The van der Waals surface area contributed by atoms with E-state index in [0.717, 1.165) is 6.07 Å². The third-order valence-electron chi connectivity index (χ3n) is 5.97. The zero-order valence-electron chi connectivity index (χ0n) is 18.9. The van der Waals surface area contributed by atoms with Crippen LogP contribution in [-0.2, 0) is 0 Å². The molecule has 1 amide bonds. The first kappa shape index (κ1) is 22.7. The molecule has 0 N–H and O–H groups in total. The van der Waals surface area contributed by atoms with E-state index in [1.165, 1.54) is 38.4 Å². The van der Waals surface area contributed by atoms with Crippen molar-refractivity contribution >= 4 is 34.2 Å². The van der Waals surface area contributed by atoms with Crippen LogP contribution in [0.15, 0.2) is 63.8 Å². The summed E-state index contributed by atoms with van der Waals surface area (Å²) in [6.45, 7) is 0. The van der Waals surface area contributed by atoms with Gasteiger partial charge in [-0.05, 0) is 54.1 Å². The Bertz CT molecular complexity index is 1550. The molecule has 7 nitrogen and oxygen atoms in total. The van der Waals surface area contributed by atoms with Gasteiger partial charge < -0.3 is 18.6 Å². The topological polar surface area (TPSA) is 78.2 Å². The molecule has 0 saturated carbocycles. The van der Waals surface area contributed by atoms with Gasteiger partial charge in [0.1, 0.15) is 17.1 Å². The van der Waals surface area contributed by atoms with Gasteiger partial charge in [-0.15, -0.1) is 0 Å². The van der Waals surface area contributed by atoms with E-state index in [2.05, 4.69) is 0 Å². The highest BCUT2D eigenvalue weighted by molar-refractivity contribution is 6.32. The van der Waals surface area contributed by atoms with Crippen LogP contribution in [0.4, 0.5) is 10.1 Å². The minimum Gasteiger partial charge on any atom is -0.495 e. The van der Waals surface area contributed by atoms with Crippen molar-refractivity contribution in [1.82, 2.24) is 0 Å². The fourth-order valence-electron chi connectivity index (χ4n) is 4.35. The summed E-state index contributed by atoms with van der Waals surface area (Å²) < 4.78 is 35.9. The normalized spacial score (nSPS) is 14.8. The summed E-state index contributed by atoms with van der Waals surface area (Å²) in [7, 11) is 4.48. The number of benzene rings is 3. The van der Waals surface area contributed by atoms with Crippen LogP contribution in [-0.4, -0.2) is 27.2 Å². The Hall–Kier alpha value is -4.04. The number of ether oxygens (including phenoxy) is 3. The molecule has 0 aliphatic carbocycles. The fourth-order valence-corrected chi connectivity index (χ4v) is 4.61. The Balaban J connectivity index is 1.80. The van der Waals surface area contributed by atoms with E-state index in [1.807, 2.05) is 0 Å². The summed E-state index contributed by atoms with van der Waals surface area (Å²) >= 11 is 6.36. The molecule has 178 valence electrons. The molecule has 1 unspecified atom stereocenters. The first-order valence-electron chi connectivity index (χ1n) is 10.5. The van der Waals surface area contributed by atoms with Crippen molar-refractivity contribution < 1.29 is 27.8 Å². The fraction of sp³-hybridized carbons (Fsp3) is 0.154. The predicted octanol–water partition coefficient (Wildman–Crippen LogP) is 5.36. The van der Waals surface area contributed by atoms with Gasteiger partial charge in [0.15, 0.2) is 16.9 Å². The highest BCUT2D eigenvalue weighted by Crippen LogP contribution is 2.44. The Labute approximate surface area is 204 Å². The average molecular weight is 496 g/mol. The van der Waals surface area contributed by atoms with Gasteiger partial charge in [-0.2, -0.15) is 0 Å². The van der Waals surface area contributed by atoms with Gasteiger partial charge in [-0.25, -0.2) is 4.39 Å². The maximum Gasteiger partial charge on any atom is 0.295 e. The Morgan fingerprint density at radius 3 is 2.29 bits per heavy atom. The molecule has 0 radical (unpaired) electrons. The number of amides is 1. The molecular weight excluding hydrogens is 477 g/mol. The van der Waals surface area contributed by atoms with Crippen molar-refractivity contribution in [2.75, 3.05) is 26.2 Å². The van der Waals surface area contributed by atoms with Crippen molar-refractivity contribution in [3.8, 4) is 17.2 Å². The van der Waals surface area contributed by atoms with Gasteiger partial charge in [0.05, 0.1) is 43.3 Å². The van der Waals surface area contributed by atoms with Crippen molar-refractivity contribution in [1.29, 1.82) is 0 Å². The predicted molar refractivity (Wildman–Crippen MR) is 129 cm³/mol. The first-order chi connectivity index (χ1) is 16.9. The lowest BCUT2D eigenvalue weighted by Gasteiger charge is -2.26. The molecule has 1 aliphatic heterocycles. The minimum absolute atomic E-state index is 0.0386. The summed E-state index contributed by atoms with van der Waals surface area (Å²) in [5.74, 6) is 0.0701. The number of nitrogens with zero attached hydrogens (tertiary/aromatic N) is 1. The zero-order chi connectivity index (χ0) is 24.9. The highest BCUT2D eigenvalue weighted by atomic mass is 35.5. The minimum atomic E-state index is -0.898. The van der Waals surface area contributed by atoms with E-state index in [1.54, 1.807) is 36.4 Å². The number of halogens is 2. The lowest BCUT2D eigenvalue weighted by molar-refractivity contribution is 0.0971. The summed E-state index contributed by atoms with van der Waals surface area (Å²) in [6.07, 6.45) is 0. The van der Waals surface area contributed by atoms with Crippen molar-refractivity contribution in [3.63, 3.8) is 0 Å². The monoisotopic (exact) mass is 495 g/mol. The van der Waals surface area contributed by atoms with Gasteiger partial charge in [0.2, 0.25) is 5.76 Å². The molecular formula is C26H19ClFNO6. The second-order valence-corrected chi connectivity index (χ2v) is 8.23. The zero-order valence-corrected chi connectivity index (χ0v) is 19.7. The number of fused-ring (bicyclic) bond motifs is 2. The Morgan fingerprint density at radius 2 is 1.60 bits per heavy atom. The molecule has 0 saturated heterocycles. The Morgan fingerprint density at radius 1 is 0.886 bits per heavy atom. The van der Waals surface area contributed by atoms with Crippen LogP contribution in [0.3, 0.4) is 0 Å². The quantitative estimate of drug-likeness (QED) is 0.371. The number of carbonyl (C=O) groups excluding carboxylic acids is 1. The van der Waals surface area contributed by atoms with E-state index in [-0.39, 0.29) is 27.3 Å². The first-order valence-corrected chi connectivity index (χ1v) is 10.9. The van der Waals surface area contributed by atoms with Gasteiger partial charge in [-0.3, -0.25) is 14.5 Å². The standard InChI is InChI=1S/C26H19ClFNO6/c1-32-19-9-6-15(12-17(19)27)29-23(13-4-7-20(33-2)21(10-13)34-3)22-24(30)16-11-14(28)5-8-18(16)35-25(22)26(29)31/h4-12,23H,1-3H3. The largest absolute Gasteiger partial charge is 0.495 e. The smallest absolute Gasteiger partial charge is 0.295 e. The molecule has 1 atom stereocenters. The molecule has 3 aromatic carbocycles. The number of carbonyl (C=O) groups is 1.